The first kappa shape index (κ1) is 14.2. The maximum absolute atomic E-state index is 11.9. The molecular weight excluding hydrogens is 256 g/mol. The highest BCUT2D eigenvalue weighted by molar-refractivity contribution is 7.89. The molecule has 0 saturated heterocycles. The number of ether oxygens (including phenoxy) is 1. The Hall–Kier alpha value is -1.86. The van der Waals surface area contributed by atoms with Crippen LogP contribution >= 0.6 is 0 Å². The number of hydrogen-bond acceptors (Lipinski definition) is 5. The van der Waals surface area contributed by atoms with Crippen LogP contribution in [0.25, 0.3) is 0 Å². The number of carbonyl (C=O) groups is 1. The lowest BCUT2D eigenvalue weighted by Crippen LogP contribution is -2.25. The van der Waals surface area contributed by atoms with E-state index in [0.717, 1.165) is 0 Å². The summed E-state index contributed by atoms with van der Waals surface area (Å²) in [6.07, 6.45) is 1.40. The van der Waals surface area contributed by atoms with Gasteiger partial charge in [-0.1, -0.05) is 6.08 Å². The summed E-state index contributed by atoms with van der Waals surface area (Å²) in [5.41, 5.74) is 5.70. The lowest BCUT2D eigenvalue weighted by atomic mass is 10.2. The number of carbonyl (C=O) groups excluding carboxylic acids is 1. The van der Waals surface area contributed by atoms with Crippen LogP contribution in [-0.2, 0) is 14.8 Å². The molecule has 18 heavy (non-hydrogen) atoms. The third-order valence-electron chi connectivity index (χ3n) is 2.12. The molecule has 1 aromatic carbocycles. The number of esters is 1. The van der Waals surface area contributed by atoms with Crippen LogP contribution in [-0.4, -0.2) is 28.0 Å². The number of hydrogen-bond donors (Lipinski definition) is 2. The Morgan fingerprint density at radius 1 is 1.56 bits per heavy atom. The van der Waals surface area contributed by atoms with E-state index in [0.29, 0.717) is 0 Å². The average Bonchev–Trinajstić information content (AvgIpc) is 2.35. The third kappa shape index (κ3) is 3.08. The smallest absolute Gasteiger partial charge is 0.339 e. The van der Waals surface area contributed by atoms with E-state index in [1.807, 2.05) is 0 Å². The zero-order chi connectivity index (χ0) is 13.8. The molecule has 0 heterocycles. The Bertz CT molecular complexity index is 566. The second kappa shape index (κ2) is 5.65. The highest BCUT2D eigenvalue weighted by atomic mass is 32.2. The predicted molar refractivity (Wildman–Crippen MR) is 67.6 cm³/mol. The predicted octanol–water partition coefficient (Wildman–Crippen LogP) is 0.520. The summed E-state index contributed by atoms with van der Waals surface area (Å²) in [7, 11) is -2.64. The number of methoxy groups -OCH3 is 1. The van der Waals surface area contributed by atoms with E-state index >= 15 is 0 Å². The number of nitrogens with two attached hydrogens (primary N) is 1. The van der Waals surface area contributed by atoms with Crippen LogP contribution in [0.5, 0.6) is 0 Å². The lowest BCUT2D eigenvalue weighted by Gasteiger charge is -2.10. The minimum absolute atomic E-state index is 0.0628. The van der Waals surface area contributed by atoms with Gasteiger partial charge >= 0.3 is 5.97 Å². The zero-order valence-electron chi connectivity index (χ0n) is 9.84. The van der Waals surface area contributed by atoms with Crippen molar-refractivity contribution in [2.45, 2.75) is 4.90 Å². The average molecular weight is 270 g/mol. The number of rotatable bonds is 5. The molecule has 0 aliphatic rings. The fourth-order valence-corrected chi connectivity index (χ4v) is 2.47. The van der Waals surface area contributed by atoms with Crippen molar-refractivity contribution >= 4 is 21.7 Å². The Morgan fingerprint density at radius 3 is 2.78 bits per heavy atom. The molecule has 3 N–H and O–H groups in total. The molecule has 0 aromatic heterocycles. The van der Waals surface area contributed by atoms with Gasteiger partial charge < -0.3 is 10.5 Å². The van der Waals surface area contributed by atoms with E-state index < -0.39 is 16.0 Å². The van der Waals surface area contributed by atoms with Crippen molar-refractivity contribution < 1.29 is 17.9 Å². The first-order valence-corrected chi connectivity index (χ1v) is 6.49. The number of nitrogens with one attached hydrogen (secondary N) is 1. The van der Waals surface area contributed by atoms with Gasteiger partial charge in [-0.3, -0.25) is 0 Å². The van der Waals surface area contributed by atoms with Crippen LogP contribution in [0.4, 0.5) is 5.69 Å². The van der Waals surface area contributed by atoms with Gasteiger partial charge in [-0.15, -0.1) is 6.58 Å². The molecule has 0 spiro atoms. The molecule has 1 rings (SSSR count). The minimum atomic E-state index is -3.80. The zero-order valence-corrected chi connectivity index (χ0v) is 10.7. The largest absolute Gasteiger partial charge is 0.465 e. The fraction of sp³-hybridized carbons (Fsp3) is 0.182. The fourth-order valence-electron chi connectivity index (χ4n) is 1.30. The maximum atomic E-state index is 11.9. The Morgan fingerprint density at radius 2 is 2.22 bits per heavy atom. The van der Waals surface area contributed by atoms with E-state index in [1.54, 1.807) is 0 Å². The van der Waals surface area contributed by atoms with E-state index in [1.165, 1.54) is 31.4 Å². The third-order valence-corrected chi connectivity index (χ3v) is 3.60. The lowest BCUT2D eigenvalue weighted by molar-refractivity contribution is 0.0596. The molecule has 0 aliphatic heterocycles. The Labute approximate surface area is 105 Å². The van der Waals surface area contributed by atoms with E-state index in [2.05, 4.69) is 16.0 Å². The summed E-state index contributed by atoms with van der Waals surface area (Å²) < 4.78 is 30.7. The minimum Gasteiger partial charge on any atom is -0.465 e. The standard InChI is InChI=1S/C11H14N2O4S/c1-3-6-13-18(15,16)10-5-4-8(12)7-9(10)11(14)17-2/h3-5,7,13H,1,6,12H2,2H3. The summed E-state index contributed by atoms with van der Waals surface area (Å²) in [6, 6.07) is 3.91. The molecule has 0 atom stereocenters. The highest BCUT2D eigenvalue weighted by Crippen LogP contribution is 2.19. The Balaban J connectivity index is 3.31. The van der Waals surface area contributed by atoms with Crippen molar-refractivity contribution in [3.05, 3.63) is 36.4 Å². The first-order chi connectivity index (χ1) is 8.42. The van der Waals surface area contributed by atoms with Gasteiger partial charge in [-0.05, 0) is 18.2 Å². The van der Waals surface area contributed by atoms with E-state index in [9.17, 15) is 13.2 Å². The number of sulfonamides is 1. The van der Waals surface area contributed by atoms with Gasteiger partial charge in [-0.25, -0.2) is 17.9 Å². The van der Waals surface area contributed by atoms with Crippen LogP contribution in [0.15, 0.2) is 35.7 Å². The molecule has 0 aliphatic carbocycles. The van der Waals surface area contributed by atoms with Crippen molar-refractivity contribution in [1.29, 1.82) is 0 Å². The molecule has 0 fully saturated rings. The number of anilines is 1. The number of nitrogen functional groups attached to an aromatic ring is 1. The summed E-state index contributed by atoms with van der Waals surface area (Å²) in [5.74, 6) is -0.763. The molecule has 0 saturated carbocycles. The van der Waals surface area contributed by atoms with Gasteiger partial charge in [0.2, 0.25) is 10.0 Å². The van der Waals surface area contributed by atoms with Crippen LogP contribution in [0.1, 0.15) is 10.4 Å². The van der Waals surface area contributed by atoms with Gasteiger partial charge in [0.25, 0.3) is 0 Å². The molecule has 98 valence electrons. The molecule has 0 bridgehead atoms. The highest BCUT2D eigenvalue weighted by Gasteiger charge is 2.22. The van der Waals surface area contributed by atoms with Gasteiger partial charge in [-0.2, -0.15) is 0 Å². The van der Waals surface area contributed by atoms with Crippen LogP contribution < -0.4 is 10.5 Å². The normalized spacial score (nSPS) is 10.9. The van der Waals surface area contributed by atoms with E-state index in [4.69, 9.17) is 5.73 Å². The quantitative estimate of drug-likeness (QED) is 0.461. The van der Waals surface area contributed by atoms with Crippen LogP contribution in [0.3, 0.4) is 0 Å². The molecule has 6 nitrogen and oxygen atoms in total. The van der Waals surface area contributed by atoms with Gasteiger partial charge in [0.15, 0.2) is 0 Å². The second-order valence-corrected chi connectivity index (χ2v) is 5.12. The van der Waals surface area contributed by atoms with Crippen molar-refractivity contribution in [2.75, 3.05) is 19.4 Å². The molecule has 1 aromatic rings. The molecular formula is C11H14N2O4S. The maximum Gasteiger partial charge on any atom is 0.339 e. The van der Waals surface area contributed by atoms with Gasteiger partial charge in [0.05, 0.1) is 17.6 Å². The van der Waals surface area contributed by atoms with Crippen LogP contribution in [0, 0.1) is 0 Å². The summed E-state index contributed by atoms with van der Waals surface area (Å²) in [6.45, 7) is 3.47. The number of benzene rings is 1. The topological polar surface area (TPSA) is 98.5 Å². The molecule has 0 unspecified atom stereocenters. The Kier molecular flexibility index (Phi) is 4.46. The van der Waals surface area contributed by atoms with Gasteiger partial charge in [0, 0.05) is 12.2 Å². The SMILES string of the molecule is C=CCNS(=O)(=O)c1ccc(N)cc1C(=O)OC. The molecule has 0 amide bonds. The van der Waals surface area contributed by atoms with Crippen molar-refractivity contribution in [3.63, 3.8) is 0 Å². The van der Waals surface area contributed by atoms with Crippen molar-refractivity contribution in [2.24, 2.45) is 0 Å². The monoisotopic (exact) mass is 270 g/mol. The molecule has 7 heteroatoms. The summed E-state index contributed by atoms with van der Waals surface area (Å²) in [4.78, 5) is 11.3. The molecule has 0 radical (unpaired) electrons. The summed E-state index contributed by atoms with van der Waals surface area (Å²) >= 11 is 0. The second-order valence-electron chi connectivity index (χ2n) is 3.39. The first-order valence-electron chi connectivity index (χ1n) is 5.00. The van der Waals surface area contributed by atoms with Gasteiger partial charge in [0.1, 0.15) is 0 Å². The van der Waals surface area contributed by atoms with Crippen molar-refractivity contribution in [3.8, 4) is 0 Å². The summed E-state index contributed by atoms with van der Waals surface area (Å²) in [5, 5.41) is 0. The van der Waals surface area contributed by atoms with E-state index in [-0.39, 0.29) is 22.7 Å². The van der Waals surface area contributed by atoms with Crippen LogP contribution in [0.2, 0.25) is 0 Å². The van der Waals surface area contributed by atoms with Crippen molar-refractivity contribution in [1.82, 2.24) is 4.72 Å².